The maximum atomic E-state index is 11.6. The molecule has 0 heterocycles. The lowest BCUT2D eigenvalue weighted by atomic mass is 10.0. The van der Waals surface area contributed by atoms with Crippen LogP contribution in [0.25, 0.3) is 0 Å². The van der Waals surface area contributed by atoms with Crippen LogP contribution in [0.5, 0.6) is 5.75 Å². The quantitative estimate of drug-likeness (QED) is 0.836. The zero-order valence-electron chi connectivity index (χ0n) is 10.8. The standard InChI is InChI=1S/C13H18ClNO2/c1-8(16)9-6-12(17-5)10(14)7-11(9)15-13(2,3)4/h6-7,15H,1-5H3. The van der Waals surface area contributed by atoms with Crippen molar-refractivity contribution in [3.05, 3.63) is 22.7 Å². The maximum Gasteiger partial charge on any atom is 0.162 e. The average molecular weight is 256 g/mol. The normalized spacial score (nSPS) is 11.2. The Labute approximate surface area is 107 Å². The number of anilines is 1. The summed E-state index contributed by atoms with van der Waals surface area (Å²) in [6.07, 6.45) is 0. The number of carbonyl (C=O) groups excluding carboxylic acids is 1. The van der Waals surface area contributed by atoms with Crippen LogP contribution in [0.2, 0.25) is 5.02 Å². The minimum absolute atomic E-state index is 0.0216. The van der Waals surface area contributed by atoms with Crippen molar-refractivity contribution in [3.8, 4) is 5.75 Å². The van der Waals surface area contributed by atoms with Gasteiger partial charge in [0, 0.05) is 16.8 Å². The number of methoxy groups -OCH3 is 1. The molecule has 4 heteroatoms. The molecule has 0 fully saturated rings. The second kappa shape index (κ2) is 4.96. The summed E-state index contributed by atoms with van der Waals surface area (Å²) in [4.78, 5) is 11.6. The van der Waals surface area contributed by atoms with Crippen molar-refractivity contribution in [1.82, 2.24) is 0 Å². The summed E-state index contributed by atoms with van der Waals surface area (Å²) in [6, 6.07) is 3.39. The van der Waals surface area contributed by atoms with E-state index in [-0.39, 0.29) is 11.3 Å². The van der Waals surface area contributed by atoms with Crippen LogP contribution in [-0.4, -0.2) is 18.4 Å². The lowest BCUT2D eigenvalue weighted by molar-refractivity contribution is 0.101. The number of halogens is 1. The second-order valence-corrected chi connectivity index (χ2v) is 5.37. The van der Waals surface area contributed by atoms with E-state index in [1.807, 2.05) is 20.8 Å². The first-order valence-corrected chi connectivity index (χ1v) is 5.79. The molecule has 0 unspecified atom stereocenters. The Morgan fingerprint density at radius 2 is 1.94 bits per heavy atom. The lowest BCUT2D eigenvalue weighted by Crippen LogP contribution is -2.27. The van der Waals surface area contributed by atoms with Gasteiger partial charge >= 0.3 is 0 Å². The van der Waals surface area contributed by atoms with Crippen LogP contribution in [0, 0.1) is 0 Å². The minimum atomic E-state index is -0.137. The highest BCUT2D eigenvalue weighted by atomic mass is 35.5. The fraction of sp³-hybridized carbons (Fsp3) is 0.462. The van der Waals surface area contributed by atoms with Crippen molar-refractivity contribution in [2.45, 2.75) is 33.2 Å². The first-order chi connectivity index (χ1) is 7.74. The van der Waals surface area contributed by atoms with Gasteiger partial charge in [-0.1, -0.05) is 11.6 Å². The van der Waals surface area contributed by atoms with E-state index in [9.17, 15) is 4.79 Å². The van der Waals surface area contributed by atoms with Gasteiger partial charge in [-0.25, -0.2) is 0 Å². The van der Waals surface area contributed by atoms with Gasteiger partial charge in [-0.2, -0.15) is 0 Å². The number of ether oxygens (including phenoxy) is 1. The summed E-state index contributed by atoms with van der Waals surface area (Å²) in [6.45, 7) is 7.59. The number of rotatable bonds is 3. The number of nitrogens with one attached hydrogen (secondary N) is 1. The van der Waals surface area contributed by atoms with Crippen molar-refractivity contribution >= 4 is 23.1 Å². The summed E-state index contributed by atoms with van der Waals surface area (Å²) < 4.78 is 5.11. The van der Waals surface area contributed by atoms with Crippen molar-refractivity contribution in [3.63, 3.8) is 0 Å². The molecule has 3 nitrogen and oxygen atoms in total. The topological polar surface area (TPSA) is 38.3 Å². The zero-order chi connectivity index (χ0) is 13.2. The molecule has 94 valence electrons. The highest BCUT2D eigenvalue weighted by molar-refractivity contribution is 6.32. The molecular weight excluding hydrogens is 238 g/mol. The van der Waals surface area contributed by atoms with Crippen molar-refractivity contribution in [1.29, 1.82) is 0 Å². The minimum Gasteiger partial charge on any atom is -0.495 e. The van der Waals surface area contributed by atoms with Crippen LogP contribution in [0.15, 0.2) is 12.1 Å². The van der Waals surface area contributed by atoms with Crippen molar-refractivity contribution in [2.24, 2.45) is 0 Å². The Bertz CT molecular complexity index is 436. The van der Waals surface area contributed by atoms with Crippen molar-refractivity contribution in [2.75, 3.05) is 12.4 Å². The van der Waals surface area contributed by atoms with E-state index in [1.54, 1.807) is 12.1 Å². The maximum absolute atomic E-state index is 11.6. The van der Waals surface area contributed by atoms with E-state index in [0.29, 0.717) is 16.3 Å². The number of hydrogen-bond acceptors (Lipinski definition) is 3. The smallest absolute Gasteiger partial charge is 0.162 e. The highest BCUT2D eigenvalue weighted by Gasteiger charge is 2.17. The number of carbonyl (C=O) groups is 1. The molecule has 1 rings (SSSR count). The number of hydrogen-bond donors (Lipinski definition) is 1. The third-order valence-electron chi connectivity index (χ3n) is 2.18. The third kappa shape index (κ3) is 3.63. The molecule has 0 spiro atoms. The van der Waals surface area contributed by atoms with E-state index < -0.39 is 0 Å². The summed E-state index contributed by atoms with van der Waals surface area (Å²) in [5.74, 6) is 0.489. The molecule has 1 aromatic rings. The summed E-state index contributed by atoms with van der Waals surface area (Å²) in [5.41, 5.74) is 1.18. The van der Waals surface area contributed by atoms with Gasteiger partial charge in [0.2, 0.25) is 0 Å². The first kappa shape index (κ1) is 13.8. The summed E-state index contributed by atoms with van der Waals surface area (Å²) in [7, 11) is 1.53. The largest absolute Gasteiger partial charge is 0.495 e. The second-order valence-electron chi connectivity index (χ2n) is 4.96. The summed E-state index contributed by atoms with van der Waals surface area (Å²) >= 11 is 6.06. The highest BCUT2D eigenvalue weighted by Crippen LogP contribution is 2.32. The molecule has 0 bridgehead atoms. The lowest BCUT2D eigenvalue weighted by Gasteiger charge is -2.24. The molecule has 0 saturated heterocycles. The van der Waals surface area contributed by atoms with Crippen LogP contribution in [0.1, 0.15) is 38.1 Å². The van der Waals surface area contributed by atoms with Crippen LogP contribution >= 0.6 is 11.6 Å². The zero-order valence-corrected chi connectivity index (χ0v) is 11.6. The van der Waals surface area contributed by atoms with E-state index in [4.69, 9.17) is 16.3 Å². The van der Waals surface area contributed by atoms with Crippen LogP contribution in [0.4, 0.5) is 5.69 Å². The average Bonchev–Trinajstić information content (AvgIpc) is 2.14. The molecule has 0 saturated carbocycles. The molecule has 0 atom stereocenters. The van der Waals surface area contributed by atoms with Crippen molar-refractivity contribution < 1.29 is 9.53 Å². The molecule has 0 aliphatic carbocycles. The first-order valence-electron chi connectivity index (χ1n) is 5.41. The Kier molecular flexibility index (Phi) is 4.04. The monoisotopic (exact) mass is 255 g/mol. The Morgan fingerprint density at radius 3 is 2.35 bits per heavy atom. The fourth-order valence-corrected chi connectivity index (χ4v) is 1.75. The summed E-state index contributed by atoms with van der Waals surface area (Å²) in [5, 5.41) is 3.75. The van der Waals surface area contributed by atoms with Gasteiger partial charge in [0.05, 0.1) is 12.1 Å². The van der Waals surface area contributed by atoms with Crippen LogP contribution < -0.4 is 10.1 Å². The molecule has 0 radical (unpaired) electrons. The molecule has 0 aromatic heterocycles. The van der Waals surface area contributed by atoms with E-state index >= 15 is 0 Å². The number of ketones is 1. The van der Waals surface area contributed by atoms with Gasteiger partial charge in [0.25, 0.3) is 0 Å². The SMILES string of the molecule is COc1cc(C(C)=O)c(NC(C)(C)C)cc1Cl. The Morgan fingerprint density at radius 1 is 1.35 bits per heavy atom. The predicted octanol–water partition coefficient (Wildman–Crippen LogP) is 3.76. The molecular formula is C13H18ClNO2. The Hall–Kier alpha value is -1.22. The van der Waals surface area contributed by atoms with Gasteiger partial charge in [-0.05, 0) is 39.8 Å². The van der Waals surface area contributed by atoms with Gasteiger partial charge in [-0.3, -0.25) is 4.79 Å². The molecule has 1 N–H and O–H groups in total. The van der Waals surface area contributed by atoms with Crippen LogP contribution in [-0.2, 0) is 0 Å². The predicted molar refractivity (Wildman–Crippen MR) is 71.4 cm³/mol. The van der Waals surface area contributed by atoms with Gasteiger partial charge in [0.1, 0.15) is 5.75 Å². The third-order valence-corrected chi connectivity index (χ3v) is 2.48. The number of benzene rings is 1. The fourth-order valence-electron chi connectivity index (χ4n) is 1.51. The van der Waals surface area contributed by atoms with E-state index in [1.165, 1.54) is 14.0 Å². The molecule has 0 aliphatic rings. The van der Waals surface area contributed by atoms with Gasteiger partial charge < -0.3 is 10.1 Å². The van der Waals surface area contributed by atoms with E-state index in [2.05, 4.69) is 5.32 Å². The van der Waals surface area contributed by atoms with Crippen LogP contribution in [0.3, 0.4) is 0 Å². The van der Waals surface area contributed by atoms with Gasteiger partial charge in [-0.15, -0.1) is 0 Å². The molecule has 0 aliphatic heterocycles. The molecule has 0 amide bonds. The Balaban J connectivity index is 3.28. The number of Topliss-reactive ketones (excluding diaryl/α,β-unsaturated/α-hetero) is 1. The molecule has 1 aromatic carbocycles. The van der Waals surface area contributed by atoms with E-state index in [0.717, 1.165) is 5.69 Å². The van der Waals surface area contributed by atoms with Gasteiger partial charge in [0.15, 0.2) is 5.78 Å². The molecule has 17 heavy (non-hydrogen) atoms.